The van der Waals surface area contributed by atoms with Gasteiger partial charge in [-0.2, -0.15) is 0 Å². The highest BCUT2D eigenvalue weighted by Crippen LogP contribution is 2.31. The Morgan fingerprint density at radius 1 is 1.06 bits per heavy atom. The maximum absolute atomic E-state index is 12.2. The van der Waals surface area contributed by atoms with E-state index in [0.29, 0.717) is 42.6 Å². The van der Waals surface area contributed by atoms with E-state index in [4.69, 9.17) is 19.9 Å². The van der Waals surface area contributed by atoms with Crippen molar-refractivity contribution in [1.29, 1.82) is 0 Å². The lowest BCUT2D eigenvalue weighted by Crippen LogP contribution is -2.44. The van der Waals surface area contributed by atoms with Crippen LogP contribution in [0.3, 0.4) is 0 Å². The van der Waals surface area contributed by atoms with Gasteiger partial charge in [-0.1, -0.05) is 38.1 Å². The van der Waals surface area contributed by atoms with Crippen LogP contribution >= 0.6 is 12.4 Å². The van der Waals surface area contributed by atoms with Gasteiger partial charge in [0.15, 0.2) is 11.5 Å². The monoisotopic (exact) mass is 508 g/mol. The molecule has 0 heterocycles. The molecule has 0 aliphatic carbocycles. The number of nitrogens with one attached hydrogen (secondary N) is 1. The molecule has 8 heteroatoms. The number of methoxy groups -OCH3 is 2. The van der Waals surface area contributed by atoms with Crippen molar-refractivity contribution in [3.63, 3.8) is 0 Å². The number of rotatable bonds is 15. The third-order valence-electron chi connectivity index (χ3n) is 6.00. The molecule has 0 aromatic heterocycles. The maximum atomic E-state index is 12.2. The standard InChI is InChI=1S/C27H40N2O5.ClH/c1-19(2)22(15-20-11-12-25(33-4)26(16-20)34-14-8-13-32-3)17-23(28)24(30)18-29-27(31)21-9-6-5-7-10-21;/h5-7,9-12,16,19,22-24,30H,8,13-15,17-18,28H2,1-4H3,(H,29,31);1H. The van der Waals surface area contributed by atoms with E-state index >= 15 is 0 Å². The molecule has 0 spiro atoms. The molecule has 0 fully saturated rings. The minimum atomic E-state index is -0.829. The Labute approximate surface area is 215 Å². The highest BCUT2D eigenvalue weighted by atomic mass is 35.5. The van der Waals surface area contributed by atoms with Crippen LogP contribution in [-0.4, -0.2) is 57.1 Å². The molecule has 3 atom stereocenters. The van der Waals surface area contributed by atoms with E-state index in [-0.39, 0.29) is 30.8 Å². The second kappa shape index (κ2) is 16.4. The van der Waals surface area contributed by atoms with Crippen LogP contribution in [0.1, 0.15) is 42.6 Å². The van der Waals surface area contributed by atoms with E-state index in [1.54, 1.807) is 38.5 Å². The maximum Gasteiger partial charge on any atom is 0.251 e. The molecular weight excluding hydrogens is 468 g/mol. The first-order valence-electron chi connectivity index (χ1n) is 11.9. The second-order valence-electron chi connectivity index (χ2n) is 8.93. The summed E-state index contributed by atoms with van der Waals surface area (Å²) >= 11 is 0. The van der Waals surface area contributed by atoms with Gasteiger partial charge in [0, 0.05) is 38.3 Å². The molecule has 2 aromatic rings. The summed E-state index contributed by atoms with van der Waals surface area (Å²) in [6.07, 6.45) is 1.40. The number of ether oxygens (including phenoxy) is 3. The van der Waals surface area contributed by atoms with Gasteiger partial charge in [-0.25, -0.2) is 0 Å². The molecule has 0 bridgehead atoms. The fourth-order valence-corrected chi connectivity index (χ4v) is 3.79. The van der Waals surface area contributed by atoms with Crippen LogP contribution in [0.4, 0.5) is 0 Å². The van der Waals surface area contributed by atoms with Gasteiger partial charge < -0.3 is 30.4 Å². The van der Waals surface area contributed by atoms with Gasteiger partial charge in [0.25, 0.3) is 5.91 Å². The van der Waals surface area contributed by atoms with E-state index < -0.39 is 12.1 Å². The average Bonchev–Trinajstić information content (AvgIpc) is 2.85. The van der Waals surface area contributed by atoms with E-state index in [9.17, 15) is 9.90 Å². The van der Waals surface area contributed by atoms with Crippen molar-refractivity contribution in [2.24, 2.45) is 17.6 Å². The lowest BCUT2D eigenvalue weighted by molar-refractivity contribution is 0.0878. The molecular formula is C27H41ClN2O5. The molecule has 0 saturated carbocycles. The van der Waals surface area contributed by atoms with Gasteiger partial charge in [0.1, 0.15) is 0 Å². The zero-order valence-corrected chi connectivity index (χ0v) is 22.1. The highest BCUT2D eigenvalue weighted by Gasteiger charge is 2.23. The van der Waals surface area contributed by atoms with Crippen LogP contribution in [0.5, 0.6) is 11.5 Å². The average molecular weight is 509 g/mol. The summed E-state index contributed by atoms with van der Waals surface area (Å²) in [5.74, 6) is 1.81. The number of aliphatic hydroxyl groups is 1. The minimum Gasteiger partial charge on any atom is -0.493 e. The Balaban J connectivity index is 0.00000612. The summed E-state index contributed by atoms with van der Waals surface area (Å²) < 4.78 is 16.4. The smallest absolute Gasteiger partial charge is 0.251 e. The van der Waals surface area contributed by atoms with Crippen LogP contribution in [0.25, 0.3) is 0 Å². The Hall–Kier alpha value is -2.32. The van der Waals surface area contributed by atoms with Crippen molar-refractivity contribution < 1.29 is 24.1 Å². The summed E-state index contributed by atoms with van der Waals surface area (Å²) in [5, 5.41) is 13.3. The predicted octanol–water partition coefficient (Wildman–Crippen LogP) is 3.86. The number of hydrogen-bond acceptors (Lipinski definition) is 6. The number of amides is 1. The zero-order valence-electron chi connectivity index (χ0n) is 21.2. The first-order valence-corrected chi connectivity index (χ1v) is 11.9. The van der Waals surface area contributed by atoms with Crippen LogP contribution in [0.15, 0.2) is 48.5 Å². The van der Waals surface area contributed by atoms with Crippen LogP contribution in [0, 0.1) is 11.8 Å². The van der Waals surface area contributed by atoms with E-state index in [2.05, 4.69) is 19.2 Å². The quantitative estimate of drug-likeness (QED) is 0.316. The van der Waals surface area contributed by atoms with Crippen LogP contribution in [-0.2, 0) is 11.2 Å². The van der Waals surface area contributed by atoms with Gasteiger partial charge in [0.2, 0.25) is 0 Å². The summed E-state index contributed by atoms with van der Waals surface area (Å²) in [7, 11) is 3.30. The third-order valence-corrected chi connectivity index (χ3v) is 6.00. The summed E-state index contributed by atoms with van der Waals surface area (Å²) in [6.45, 7) is 5.62. The van der Waals surface area contributed by atoms with Crippen LogP contribution in [0.2, 0.25) is 0 Å². The first-order chi connectivity index (χ1) is 16.3. The number of carbonyl (C=O) groups is 1. The molecule has 0 aliphatic heterocycles. The Bertz CT molecular complexity index is 866. The number of carbonyl (C=O) groups excluding carboxylic acids is 1. The van der Waals surface area contributed by atoms with Crippen molar-refractivity contribution in [2.45, 2.75) is 45.3 Å². The van der Waals surface area contributed by atoms with Gasteiger partial charge in [-0.05, 0) is 54.5 Å². The lowest BCUT2D eigenvalue weighted by Gasteiger charge is -2.27. The lowest BCUT2D eigenvalue weighted by atomic mass is 9.83. The van der Waals surface area contributed by atoms with Crippen molar-refractivity contribution >= 4 is 18.3 Å². The Morgan fingerprint density at radius 3 is 2.40 bits per heavy atom. The number of benzene rings is 2. The fourth-order valence-electron chi connectivity index (χ4n) is 3.79. The molecule has 35 heavy (non-hydrogen) atoms. The largest absolute Gasteiger partial charge is 0.493 e. The molecule has 0 saturated heterocycles. The number of nitrogens with two attached hydrogens (primary N) is 1. The second-order valence-corrected chi connectivity index (χ2v) is 8.93. The van der Waals surface area contributed by atoms with E-state index in [1.807, 2.05) is 24.3 Å². The van der Waals surface area contributed by atoms with E-state index in [1.165, 1.54) is 0 Å². The number of halogens is 1. The van der Waals surface area contributed by atoms with Gasteiger partial charge in [-0.15, -0.1) is 12.4 Å². The fraction of sp³-hybridized carbons (Fsp3) is 0.519. The molecule has 0 aliphatic rings. The van der Waals surface area contributed by atoms with Crippen molar-refractivity contribution in [3.05, 3.63) is 59.7 Å². The third kappa shape index (κ3) is 10.4. The van der Waals surface area contributed by atoms with Gasteiger partial charge in [-0.3, -0.25) is 4.79 Å². The Kier molecular flexibility index (Phi) is 14.4. The predicted molar refractivity (Wildman–Crippen MR) is 142 cm³/mol. The highest BCUT2D eigenvalue weighted by molar-refractivity contribution is 5.94. The molecule has 0 radical (unpaired) electrons. The molecule has 7 nitrogen and oxygen atoms in total. The van der Waals surface area contributed by atoms with Gasteiger partial charge >= 0.3 is 0 Å². The number of aliphatic hydroxyl groups excluding tert-OH is 1. The minimum absolute atomic E-state index is 0. The molecule has 2 aromatic carbocycles. The molecule has 4 N–H and O–H groups in total. The molecule has 3 unspecified atom stereocenters. The zero-order chi connectivity index (χ0) is 24.9. The normalized spacial score (nSPS) is 13.5. The van der Waals surface area contributed by atoms with Crippen molar-refractivity contribution in [1.82, 2.24) is 5.32 Å². The summed E-state index contributed by atoms with van der Waals surface area (Å²) in [4.78, 5) is 12.2. The van der Waals surface area contributed by atoms with Gasteiger partial charge in [0.05, 0.1) is 19.8 Å². The molecule has 2 rings (SSSR count). The van der Waals surface area contributed by atoms with Crippen LogP contribution < -0.4 is 20.5 Å². The Morgan fingerprint density at radius 2 is 1.77 bits per heavy atom. The first kappa shape index (κ1) is 30.7. The molecule has 196 valence electrons. The van der Waals surface area contributed by atoms with E-state index in [0.717, 1.165) is 18.4 Å². The topological polar surface area (TPSA) is 103 Å². The summed E-state index contributed by atoms with van der Waals surface area (Å²) in [5.41, 5.74) is 8.03. The summed E-state index contributed by atoms with van der Waals surface area (Å²) in [6, 6.07) is 14.5. The SMILES string of the molecule is COCCCOc1cc(CC(CC(N)C(O)CNC(=O)c2ccccc2)C(C)C)ccc1OC.Cl. The number of hydrogen-bond donors (Lipinski definition) is 3. The van der Waals surface area contributed by atoms with Crippen molar-refractivity contribution in [2.75, 3.05) is 34.0 Å². The molecule has 1 amide bonds. The van der Waals surface area contributed by atoms with Crippen molar-refractivity contribution in [3.8, 4) is 11.5 Å².